The first-order valence-corrected chi connectivity index (χ1v) is 14.8. The van der Waals surface area contributed by atoms with Crippen LogP contribution < -0.4 is 0 Å². The highest BCUT2D eigenvalue weighted by molar-refractivity contribution is 7.26. The molecule has 0 fully saturated rings. The van der Waals surface area contributed by atoms with E-state index in [0.717, 1.165) is 27.7 Å². The van der Waals surface area contributed by atoms with Crippen LogP contribution in [0.4, 0.5) is 0 Å². The normalized spacial score (nSPS) is 13.8. The van der Waals surface area contributed by atoms with Gasteiger partial charge in [0.2, 0.25) is 5.95 Å². The molecule has 3 aromatic heterocycles. The Morgan fingerprint density at radius 1 is 0.634 bits per heavy atom. The summed E-state index contributed by atoms with van der Waals surface area (Å²) in [6, 6.07) is 41.1. The molecule has 3 heterocycles. The predicted octanol–water partition coefficient (Wildman–Crippen LogP) is 9.91. The molecule has 0 saturated heterocycles. The molecule has 0 N–H and O–H groups in total. The quantitative estimate of drug-likeness (QED) is 0.217. The van der Waals surface area contributed by atoms with Gasteiger partial charge in [-0.1, -0.05) is 105 Å². The SMILES string of the molecule is CC1(C)c2ccccc2-c2c1c1c3c(ccc1n2-c1nc(-c2ccccc2)c2ccccc2n1)sc1ccccc13. The Morgan fingerprint density at radius 2 is 1.37 bits per heavy atom. The summed E-state index contributed by atoms with van der Waals surface area (Å²) in [7, 11) is 0. The lowest BCUT2D eigenvalue weighted by molar-refractivity contribution is 0.666. The third kappa shape index (κ3) is 3.03. The van der Waals surface area contributed by atoms with Gasteiger partial charge < -0.3 is 0 Å². The van der Waals surface area contributed by atoms with E-state index in [1.165, 1.54) is 47.9 Å². The zero-order chi connectivity index (χ0) is 27.3. The van der Waals surface area contributed by atoms with Gasteiger partial charge in [0.1, 0.15) is 0 Å². The van der Waals surface area contributed by atoms with Crippen LogP contribution in [0.25, 0.3) is 70.4 Å². The van der Waals surface area contributed by atoms with Crippen molar-refractivity contribution in [3.05, 3.63) is 126 Å². The van der Waals surface area contributed by atoms with E-state index in [-0.39, 0.29) is 5.41 Å². The standard InChI is InChI=1S/C37H25N3S/c1-37(2)26-17-9-6-14-23(26)35-33(37)32-28(20-21-30-31(32)25-16-8-11-19-29(25)41-30)40(35)36-38-27-18-10-7-15-24(27)34(39-36)22-12-4-3-5-13-22/h3-21H,1-2H3. The van der Waals surface area contributed by atoms with Crippen molar-refractivity contribution in [2.24, 2.45) is 0 Å². The number of thiophene rings is 1. The van der Waals surface area contributed by atoms with Gasteiger partial charge >= 0.3 is 0 Å². The first-order chi connectivity index (χ1) is 20.1. The molecule has 0 atom stereocenters. The van der Waals surface area contributed by atoms with Crippen molar-refractivity contribution in [3.63, 3.8) is 0 Å². The topological polar surface area (TPSA) is 30.7 Å². The van der Waals surface area contributed by atoms with Crippen LogP contribution in [0.3, 0.4) is 0 Å². The molecule has 0 aliphatic heterocycles. The average molecular weight is 544 g/mol. The van der Waals surface area contributed by atoms with Gasteiger partial charge in [0, 0.05) is 47.5 Å². The molecule has 1 aliphatic rings. The van der Waals surface area contributed by atoms with Gasteiger partial charge in [-0.2, -0.15) is 0 Å². The summed E-state index contributed by atoms with van der Waals surface area (Å²) in [5.74, 6) is 0.709. The zero-order valence-electron chi connectivity index (χ0n) is 22.7. The molecule has 5 aromatic carbocycles. The van der Waals surface area contributed by atoms with Crippen molar-refractivity contribution in [1.82, 2.24) is 14.5 Å². The molecule has 1 aliphatic carbocycles. The van der Waals surface area contributed by atoms with E-state index in [4.69, 9.17) is 9.97 Å². The summed E-state index contributed by atoms with van der Waals surface area (Å²) < 4.78 is 4.97. The van der Waals surface area contributed by atoms with Gasteiger partial charge in [-0.25, -0.2) is 9.97 Å². The lowest BCUT2D eigenvalue weighted by atomic mass is 9.81. The van der Waals surface area contributed by atoms with Gasteiger partial charge in [-0.05, 0) is 35.4 Å². The maximum absolute atomic E-state index is 5.35. The Balaban J connectivity index is 1.49. The second-order valence-corrected chi connectivity index (χ2v) is 12.5. The first kappa shape index (κ1) is 23.0. The summed E-state index contributed by atoms with van der Waals surface area (Å²) in [6.45, 7) is 4.73. The van der Waals surface area contributed by atoms with E-state index in [0.29, 0.717) is 5.95 Å². The van der Waals surface area contributed by atoms with Crippen molar-refractivity contribution in [1.29, 1.82) is 0 Å². The monoisotopic (exact) mass is 543 g/mol. The molecular formula is C37H25N3S. The van der Waals surface area contributed by atoms with E-state index < -0.39 is 0 Å². The maximum Gasteiger partial charge on any atom is 0.235 e. The molecule has 8 aromatic rings. The van der Waals surface area contributed by atoms with Crippen LogP contribution in [0, 0.1) is 0 Å². The van der Waals surface area contributed by atoms with Crippen LogP contribution >= 0.6 is 11.3 Å². The van der Waals surface area contributed by atoms with Crippen molar-refractivity contribution in [2.45, 2.75) is 19.3 Å². The number of benzene rings is 5. The highest BCUT2D eigenvalue weighted by Gasteiger charge is 2.41. The molecule has 41 heavy (non-hydrogen) atoms. The van der Waals surface area contributed by atoms with Crippen LogP contribution in [0.1, 0.15) is 25.0 Å². The zero-order valence-corrected chi connectivity index (χ0v) is 23.5. The highest BCUT2D eigenvalue weighted by Crippen LogP contribution is 2.55. The van der Waals surface area contributed by atoms with Gasteiger partial charge in [0.25, 0.3) is 0 Å². The Morgan fingerprint density at radius 3 is 2.24 bits per heavy atom. The summed E-state index contributed by atoms with van der Waals surface area (Å²) in [5, 5.41) is 5.02. The number of rotatable bonds is 2. The fraction of sp³-hybridized carbons (Fsp3) is 0.0811. The van der Waals surface area contributed by atoms with Crippen LogP contribution in [0.2, 0.25) is 0 Å². The molecule has 9 rings (SSSR count). The van der Waals surface area contributed by atoms with Crippen LogP contribution in [-0.4, -0.2) is 14.5 Å². The lowest BCUT2D eigenvalue weighted by Gasteiger charge is -2.21. The summed E-state index contributed by atoms with van der Waals surface area (Å²) >= 11 is 1.87. The first-order valence-electron chi connectivity index (χ1n) is 14.0. The van der Waals surface area contributed by atoms with Gasteiger partial charge in [0.15, 0.2) is 0 Å². The molecule has 0 radical (unpaired) electrons. The molecule has 0 amide bonds. The summed E-state index contributed by atoms with van der Waals surface area (Å²) in [6.07, 6.45) is 0. The highest BCUT2D eigenvalue weighted by atomic mass is 32.1. The van der Waals surface area contributed by atoms with Crippen molar-refractivity contribution >= 4 is 53.3 Å². The van der Waals surface area contributed by atoms with Crippen LogP contribution in [-0.2, 0) is 5.41 Å². The van der Waals surface area contributed by atoms with Crippen LogP contribution in [0.5, 0.6) is 0 Å². The number of hydrogen-bond donors (Lipinski definition) is 0. The number of aromatic nitrogens is 3. The van der Waals surface area contributed by atoms with E-state index in [9.17, 15) is 0 Å². The molecular weight excluding hydrogens is 518 g/mol. The fourth-order valence-electron chi connectivity index (χ4n) is 7.02. The van der Waals surface area contributed by atoms with E-state index in [2.05, 4.69) is 134 Å². The van der Waals surface area contributed by atoms with Gasteiger partial charge in [-0.15, -0.1) is 11.3 Å². The smallest absolute Gasteiger partial charge is 0.235 e. The van der Waals surface area contributed by atoms with Crippen molar-refractivity contribution in [3.8, 4) is 28.5 Å². The molecule has 0 saturated carbocycles. The molecule has 4 heteroatoms. The molecule has 194 valence electrons. The predicted molar refractivity (Wildman–Crippen MR) is 172 cm³/mol. The molecule has 0 bridgehead atoms. The molecule has 3 nitrogen and oxygen atoms in total. The third-order valence-electron chi connectivity index (χ3n) is 8.79. The Kier molecular flexibility index (Phi) is 4.55. The second-order valence-electron chi connectivity index (χ2n) is 11.4. The summed E-state index contributed by atoms with van der Waals surface area (Å²) in [4.78, 5) is 10.6. The van der Waals surface area contributed by atoms with Crippen molar-refractivity contribution in [2.75, 3.05) is 0 Å². The minimum Gasteiger partial charge on any atom is -0.278 e. The minimum absolute atomic E-state index is 0.175. The Labute approximate surface area is 241 Å². The van der Waals surface area contributed by atoms with E-state index in [1.54, 1.807) is 0 Å². The molecule has 0 unspecified atom stereocenters. The van der Waals surface area contributed by atoms with E-state index >= 15 is 0 Å². The number of para-hydroxylation sites is 1. The summed E-state index contributed by atoms with van der Waals surface area (Å²) in [5.41, 5.74) is 9.14. The Hall–Kier alpha value is -4.80. The average Bonchev–Trinajstić information content (AvgIpc) is 3.64. The van der Waals surface area contributed by atoms with E-state index in [1.807, 2.05) is 11.3 Å². The maximum atomic E-state index is 5.35. The van der Waals surface area contributed by atoms with Crippen molar-refractivity contribution < 1.29 is 0 Å². The van der Waals surface area contributed by atoms with Crippen LogP contribution in [0.15, 0.2) is 115 Å². The minimum atomic E-state index is -0.175. The third-order valence-corrected chi connectivity index (χ3v) is 9.93. The number of nitrogens with zero attached hydrogens (tertiary/aromatic N) is 3. The molecule has 0 spiro atoms. The Bertz CT molecular complexity index is 2340. The van der Waals surface area contributed by atoms with Gasteiger partial charge in [0.05, 0.1) is 22.4 Å². The lowest BCUT2D eigenvalue weighted by Crippen LogP contribution is -2.14. The second kappa shape index (κ2) is 8.12. The number of fused-ring (bicyclic) bond motifs is 10. The van der Waals surface area contributed by atoms with Gasteiger partial charge in [-0.3, -0.25) is 4.57 Å². The number of hydrogen-bond acceptors (Lipinski definition) is 3. The fourth-order valence-corrected chi connectivity index (χ4v) is 8.13. The largest absolute Gasteiger partial charge is 0.278 e.